The first-order valence-electron chi connectivity index (χ1n) is 6.24. The van der Waals surface area contributed by atoms with Crippen LogP contribution in [0.4, 0.5) is 10.1 Å². The van der Waals surface area contributed by atoms with Gasteiger partial charge in [-0.3, -0.25) is 10.3 Å². The lowest BCUT2D eigenvalue weighted by Gasteiger charge is -2.29. The molecule has 0 fully saturated rings. The van der Waals surface area contributed by atoms with Crippen LogP contribution >= 0.6 is 0 Å². The smallest absolute Gasteiger partial charge is 0.123 e. The van der Waals surface area contributed by atoms with Crippen molar-refractivity contribution in [2.75, 3.05) is 11.6 Å². The molecule has 2 aromatic rings. The minimum atomic E-state index is -0.254. The van der Waals surface area contributed by atoms with Crippen LogP contribution in [0.5, 0.6) is 0 Å². The third kappa shape index (κ3) is 2.32. The molecule has 1 aliphatic heterocycles. The maximum absolute atomic E-state index is 13.2. The Bertz CT molecular complexity index is 615. The van der Waals surface area contributed by atoms with E-state index in [0.717, 1.165) is 28.8 Å². The van der Waals surface area contributed by atoms with E-state index in [2.05, 4.69) is 0 Å². The summed E-state index contributed by atoms with van der Waals surface area (Å²) in [5, 5.41) is 11.0. The van der Waals surface area contributed by atoms with Gasteiger partial charge in [-0.1, -0.05) is 18.2 Å². The fourth-order valence-corrected chi connectivity index (χ4v) is 2.52. The minimum absolute atomic E-state index is 0.0831. The zero-order valence-electron chi connectivity index (χ0n) is 10.4. The van der Waals surface area contributed by atoms with Crippen LogP contribution in [0, 0.1) is 5.82 Å². The molecule has 0 amide bonds. The maximum Gasteiger partial charge on any atom is 0.123 e. The molecule has 19 heavy (non-hydrogen) atoms. The van der Waals surface area contributed by atoms with Gasteiger partial charge in [-0.25, -0.2) is 4.39 Å². The summed E-state index contributed by atoms with van der Waals surface area (Å²) in [6.07, 6.45) is 0.718. The Morgan fingerprint density at radius 2 is 1.95 bits per heavy atom. The lowest BCUT2D eigenvalue weighted by Crippen LogP contribution is -2.41. The van der Waals surface area contributed by atoms with Crippen LogP contribution in [-0.4, -0.2) is 17.8 Å². The fourth-order valence-electron chi connectivity index (χ4n) is 2.52. The van der Waals surface area contributed by atoms with Gasteiger partial charge >= 0.3 is 0 Å². The normalized spacial score (nSPS) is 18.3. The summed E-state index contributed by atoms with van der Waals surface area (Å²) < 4.78 is 13.2. The molecule has 0 aliphatic carbocycles. The van der Waals surface area contributed by atoms with Crippen molar-refractivity contribution in [1.82, 2.24) is 0 Å². The fraction of sp³-hybridized carbons (Fsp3) is 0.200. The molecule has 3 nitrogen and oxygen atoms in total. The second-order valence-electron chi connectivity index (χ2n) is 4.90. The summed E-state index contributed by atoms with van der Waals surface area (Å²) in [5.74, 6) is -0.254. The zero-order chi connectivity index (χ0) is 13.4. The van der Waals surface area contributed by atoms with E-state index < -0.39 is 0 Å². The molecule has 0 radical (unpaired) electrons. The summed E-state index contributed by atoms with van der Waals surface area (Å²) in [5.41, 5.74) is 9.42. The van der Waals surface area contributed by atoms with E-state index in [1.54, 1.807) is 6.07 Å². The highest BCUT2D eigenvalue weighted by Crippen LogP contribution is 2.30. The Morgan fingerprint density at radius 1 is 1.16 bits per heavy atom. The topological polar surface area (TPSA) is 49.5 Å². The minimum Gasteiger partial charge on any atom is -0.326 e. The van der Waals surface area contributed by atoms with E-state index in [9.17, 15) is 9.60 Å². The van der Waals surface area contributed by atoms with E-state index in [1.807, 2.05) is 24.3 Å². The van der Waals surface area contributed by atoms with Crippen LogP contribution < -0.4 is 10.8 Å². The molecule has 0 spiro atoms. The lowest BCUT2D eigenvalue weighted by atomic mass is 9.95. The summed E-state index contributed by atoms with van der Waals surface area (Å²) in [6.45, 7) is 0.437. The monoisotopic (exact) mass is 258 g/mol. The summed E-state index contributed by atoms with van der Waals surface area (Å²) in [6, 6.07) is 12.1. The molecule has 2 aromatic carbocycles. The molecule has 0 saturated heterocycles. The molecular weight excluding hydrogens is 243 g/mol. The summed E-state index contributed by atoms with van der Waals surface area (Å²) in [4.78, 5) is 0. The average molecular weight is 258 g/mol. The van der Waals surface area contributed by atoms with Crippen molar-refractivity contribution in [2.45, 2.75) is 12.5 Å². The van der Waals surface area contributed by atoms with Crippen LogP contribution in [0.2, 0.25) is 0 Å². The third-order valence-corrected chi connectivity index (χ3v) is 3.41. The van der Waals surface area contributed by atoms with Crippen LogP contribution in [0.15, 0.2) is 42.5 Å². The van der Waals surface area contributed by atoms with Gasteiger partial charge in [0.15, 0.2) is 0 Å². The van der Waals surface area contributed by atoms with E-state index in [1.165, 1.54) is 17.2 Å². The van der Waals surface area contributed by atoms with Gasteiger partial charge in [-0.05, 0) is 47.4 Å². The number of fused-ring (bicyclic) bond motifs is 1. The first-order valence-corrected chi connectivity index (χ1v) is 6.24. The molecule has 3 rings (SSSR count). The van der Waals surface area contributed by atoms with Crippen LogP contribution in [-0.2, 0) is 6.42 Å². The molecule has 0 bridgehead atoms. The van der Waals surface area contributed by atoms with Gasteiger partial charge in [0.2, 0.25) is 0 Å². The zero-order valence-corrected chi connectivity index (χ0v) is 10.4. The number of benzene rings is 2. The first-order chi connectivity index (χ1) is 9.13. The lowest BCUT2D eigenvalue weighted by molar-refractivity contribution is 0.238. The Balaban J connectivity index is 2.04. The predicted octanol–water partition coefficient (Wildman–Crippen LogP) is 2.57. The summed E-state index contributed by atoms with van der Waals surface area (Å²) in [7, 11) is 0. The van der Waals surface area contributed by atoms with Gasteiger partial charge in [0, 0.05) is 6.04 Å². The number of nitrogens with zero attached hydrogens (tertiary/aromatic N) is 1. The molecule has 3 N–H and O–H groups in total. The molecule has 98 valence electrons. The predicted molar refractivity (Wildman–Crippen MR) is 72.6 cm³/mol. The maximum atomic E-state index is 13.2. The first kappa shape index (κ1) is 12.1. The Hall–Kier alpha value is -1.91. The Morgan fingerprint density at radius 3 is 2.74 bits per heavy atom. The standard InChI is InChI=1S/C15H15FN2O/c16-13-3-1-2-10(7-13)11-4-5-15-12(6-11)8-14(17)9-18(15)19/h1-7,14,19H,8-9,17H2/t14-/m0/s1. The molecule has 4 heteroatoms. The van der Waals surface area contributed by atoms with Crippen molar-refractivity contribution in [3.05, 3.63) is 53.8 Å². The van der Waals surface area contributed by atoms with Gasteiger partial charge in [-0.2, -0.15) is 0 Å². The molecule has 0 saturated carbocycles. The van der Waals surface area contributed by atoms with Crippen LogP contribution in [0.25, 0.3) is 11.1 Å². The van der Waals surface area contributed by atoms with Gasteiger partial charge in [0.25, 0.3) is 0 Å². The van der Waals surface area contributed by atoms with Crippen molar-refractivity contribution < 1.29 is 9.60 Å². The number of halogens is 1. The number of nitrogens with two attached hydrogens (primary N) is 1. The quantitative estimate of drug-likeness (QED) is 0.826. The number of rotatable bonds is 1. The third-order valence-electron chi connectivity index (χ3n) is 3.41. The van der Waals surface area contributed by atoms with Gasteiger partial charge in [0.1, 0.15) is 5.82 Å². The van der Waals surface area contributed by atoms with Gasteiger partial charge in [0.05, 0.1) is 12.2 Å². The Labute approximate surface area is 111 Å². The summed E-state index contributed by atoms with van der Waals surface area (Å²) >= 11 is 0. The Kier molecular flexibility index (Phi) is 2.97. The van der Waals surface area contributed by atoms with E-state index in [4.69, 9.17) is 5.73 Å². The van der Waals surface area contributed by atoms with Gasteiger partial charge in [-0.15, -0.1) is 0 Å². The highest BCUT2D eigenvalue weighted by Gasteiger charge is 2.21. The van der Waals surface area contributed by atoms with E-state index in [-0.39, 0.29) is 11.9 Å². The number of hydrogen-bond donors (Lipinski definition) is 2. The van der Waals surface area contributed by atoms with E-state index >= 15 is 0 Å². The van der Waals surface area contributed by atoms with Crippen molar-refractivity contribution in [1.29, 1.82) is 0 Å². The second-order valence-corrected chi connectivity index (χ2v) is 4.90. The molecular formula is C15H15FN2O. The van der Waals surface area contributed by atoms with Crippen LogP contribution in [0.1, 0.15) is 5.56 Å². The van der Waals surface area contributed by atoms with Crippen LogP contribution in [0.3, 0.4) is 0 Å². The highest BCUT2D eigenvalue weighted by molar-refractivity contribution is 5.69. The van der Waals surface area contributed by atoms with Crippen molar-refractivity contribution in [3.8, 4) is 11.1 Å². The molecule has 0 aromatic heterocycles. The van der Waals surface area contributed by atoms with Gasteiger partial charge < -0.3 is 5.73 Å². The molecule has 0 unspecified atom stereocenters. The number of hydroxylamine groups is 1. The van der Waals surface area contributed by atoms with Crippen molar-refractivity contribution in [3.63, 3.8) is 0 Å². The SMILES string of the molecule is N[C@H]1Cc2cc(-c3cccc(F)c3)ccc2N(O)C1. The van der Waals surface area contributed by atoms with E-state index in [0.29, 0.717) is 6.54 Å². The van der Waals surface area contributed by atoms with Crippen molar-refractivity contribution in [2.24, 2.45) is 5.73 Å². The average Bonchev–Trinajstić information content (AvgIpc) is 2.37. The van der Waals surface area contributed by atoms with Crippen molar-refractivity contribution >= 4 is 5.69 Å². The number of anilines is 1. The number of hydrogen-bond acceptors (Lipinski definition) is 3. The largest absolute Gasteiger partial charge is 0.326 e. The molecule has 1 atom stereocenters. The second kappa shape index (κ2) is 4.64. The molecule has 1 aliphatic rings. The molecule has 1 heterocycles. The highest BCUT2D eigenvalue weighted by atomic mass is 19.1.